The molecule has 1 fully saturated rings. The number of alkyl halides is 3. The zero-order chi connectivity index (χ0) is 26.3. The molecule has 8 nitrogen and oxygen atoms in total. The fourth-order valence-corrected chi connectivity index (χ4v) is 4.90. The molecule has 0 aliphatic heterocycles. The Kier molecular flexibility index (Phi) is 6.22. The molecule has 0 radical (unpaired) electrons. The second-order valence-corrected chi connectivity index (χ2v) is 8.95. The highest BCUT2D eigenvalue weighted by atomic mass is 19.4. The predicted molar refractivity (Wildman–Crippen MR) is 129 cm³/mol. The van der Waals surface area contributed by atoms with Crippen molar-refractivity contribution < 1.29 is 22.7 Å². The number of aromatic nitrogens is 4. The predicted octanol–water partition coefficient (Wildman–Crippen LogP) is 4.37. The van der Waals surface area contributed by atoms with Crippen LogP contribution in [0.15, 0.2) is 64.4 Å². The van der Waals surface area contributed by atoms with Crippen LogP contribution in [0.25, 0.3) is 16.9 Å². The summed E-state index contributed by atoms with van der Waals surface area (Å²) in [5.41, 5.74) is -1.83. The van der Waals surface area contributed by atoms with E-state index in [1.807, 2.05) is 0 Å². The van der Waals surface area contributed by atoms with Gasteiger partial charge in [0.15, 0.2) is 16.9 Å². The minimum Gasteiger partial charge on any atom is -0.495 e. The number of carbonyl (C=O) groups excluding carboxylic acids is 1. The first-order valence-corrected chi connectivity index (χ1v) is 11.8. The SMILES string of the molecule is COc1ccccc1-n1c(=O)n(C2CCCC2)c(=O)c2c1ncn2CC(=O)c1cccc(C(F)(F)F)c1. The lowest BCUT2D eigenvalue weighted by atomic mass is 10.1. The van der Waals surface area contributed by atoms with Gasteiger partial charge in [0.2, 0.25) is 0 Å². The highest BCUT2D eigenvalue weighted by Crippen LogP contribution is 2.31. The minimum atomic E-state index is -4.60. The van der Waals surface area contributed by atoms with E-state index in [1.165, 1.54) is 33.2 Å². The standard InChI is InChI=1S/C26H23F3N4O4/c1-37-21-12-5-4-11-19(21)33-23-22(24(35)32(25(33)36)18-9-2-3-10-18)31(15-30-23)14-20(34)16-7-6-8-17(13-16)26(27,28)29/h4-8,11-13,15,18H,2-3,9-10,14H2,1H3. The Labute approximate surface area is 208 Å². The van der Waals surface area contributed by atoms with Crippen LogP contribution in [0.3, 0.4) is 0 Å². The molecule has 1 aliphatic rings. The molecule has 1 saturated carbocycles. The van der Waals surface area contributed by atoms with Gasteiger partial charge in [0, 0.05) is 11.6 Å². The van der Waals surface area contributed by atoms with Gasteiger partial charge in [-0.1, -0.05) is 37.1 Å². The number of nitrogens with zero attached hydrogens (tertiary/aromatic N) is 4. The molecule has 0 amide bonds. The molecule has 2 heterocycles. The Bertz CT molecular complexity index is 1610. The molecule has 11 heteroatoms. The molecule has 0 atom stereocenters. The van der Waals surface area contributed by atoms with Crippen molar-refractivity contribution in [2.24, 2.45) is 0 Å². The van der Waals surface area contributed by atoms with Crippen LogP contribution in [0.2, 0.25) is 0 Å². The van der Waals surface area contributed by atoms with Gasteiger partial charge in [0.1, 0.15) is 5.75 Å². The van der Waals surface area contributed by atoms with Gasteiger partial charge < -0.3 is 9.30 Å². The fraction of sp³-hybridized carbons (Fsp3) is 0.308. The molecular weight excluding hydrogens is 489 g/mol. The number of imidazole rings is 1. The maximum Gasteiger partial charge on any atom is 0.416 e. The molecule has 192 valence electrons. The number of rotatable bonds is 6. The van der Waals surface area contributed by atoms with Gasteiger partial charge in [0.05, 0.1) is 31.2 Å². The van der Waals surface area contributed by atoms with Gasteiger partial charge in [-0.3, -0.25) is 14.2 Å². The van der Waals surface area contributed by atoms with Crippen LogP contribution in [0, 0.1) is 0 Å². The second kappa shape index (κ2) is 9.38. The van der Waals surface area contributed by atoms with Crippen LogP contribution < -0.4 is 16.0 Å². The first-order valence-electron chi connectivity index (χ1n) is 11.8. The first kappa shape index (κ1) is 24.5. The van der Waals surface area contributed by atoms with Crippen LogP contribution in [0.1, 0.15) is 47.6 Å². The average molecular weight is 512 g/mol. The number of carbonyl (C=O) groups is 1. The molecule has 37 heavy (non-hydrogen) atoms. The maximum atomic E-state index is 13.7. The largest absolute Gasteiger partial charge is 0.495 e. The van der Waals surface area contributed by atoms with E-state index in [-0.39, 0.29) is 22.8 Å². The lowest BCUT2D eigenvalue weighted by Crippen LogP contribution is -2.42. The lowest BCUT2D eigenvalue weighted by Gasteiger charge is -2.18. The van der Waals surface area contributed by atoms with Gasteiger partial charge in [-0.25, -0.2) is 14.3 Å². The number of Topliss-reactive ketones (excluding diaryl/α,β-unsaturated/α-hetero) is 1. The summed E-state index contributed by atoms with van der Waals surface area (Å²) < 4.78 is 48.7. The molecule has 1 aliphatic carbocycles. The van der Waals surface area contributed by atoms with E-state index in [1.54, 1.807) is 24.3 Å². The first-order chi connectivity index (χ1) is 17.7. The molecule has 0 unspecified atom stereocenters. The summed E-state index contributed by atoms with van der Waals surface area (Å²) in [5, 5.41) is 0. The fourth-order valence-electron chi connectivity index (χ4n) is 4.90. The van der Waals surface area contributed by atoms with E-state index in [0.717, 1.165) is 31.0 Å². The summed E-state index contributed by atoms with van der Waals surface area (Å²) in [7, 11) is 1.46. The van der Waals surface area contributed by atoms with Gasteiger partial charge in [-0.15, -0.1) is 0 Å². The summed E-state index contributed by atoms with van der Waals surface area (Å²) in [6.45, 7) is -0.429. The van der Waals surface area contributed by atoms with Crippen molar-refractivity contribution >= 4 is 16.9 Å². The summed E-state index contributed by atoms with van der Waals surface area (Å²) in [6.07, 6.45) is -0.291. The second-order valence-electron chi connectivity index (χ2n) is 8.95. The highest BCUT2D eigenvalue weighted by molar-refractivity contribution is 5.96. The Hall–Kier alpha value is -4.15. The van der Waals surface area contributed by atoms with Crippen molar-refractivity contribution in [3.63, 3.8) is 0 Å². The third-order valence-electron chi connectivity index (χ3n) is 6.69. The van der Waals surface area contributed by atoms with E-state index in [4.69, 9.17) is 4.74 Å². The van der Waals surface area contributed by atoms with E-state index in [0.29, 0.717) is 24.3 Å². The number of ketones is 1. The number of para-hydroxylation sites is 2. The van der Waals surface area contributed by atoms with Gasteiger partial charge >= 0.3 is 11.9 Å². The summed E-state index contributed by atoms with van der Waals surface area (Å²) >= 11 is 0. The molecule has 4 aromatic rings. The third kappa shape index (κ3) is 4.34. The monoisotopic (exact) mass is 512 g/mol. The molecule has 2 aromatic carbocycles. The van der Waals surface area contributed by atoms with Crippen LogP contribution in [0.4, 0.5) is 13.2 Å². The van der Waals surface area contributed by atoms with Crippen molar-refractivity contribution in [1.82, 2.24) is 18.7 Å². The van der Waals surface area contributed by atoms with Crippen LogP contribution >= 0.6 is 0 Å². The number of ether oxygens (including phenoxy) is 1. The Morgan fingerprint density at radius 1 is 1.08 bits per heavy atom. The van der Waals surface area contributed by atoms with Crippen molar-refractivity contribution in [3.8, 4) is 11.4 Å². The smallest absolute Gasteiger partial charge is 0.416 e. The molecule has 0 bridgehead atoms. The summed E-state index contributed by atoms with van der Waals surface area (Å²) in [5.74, 6) is -0.246. The Morgan fingerprint density at radius 3 is 2.51 bits per heavy atom. The van der Waals surface area contributed by atoms with Gasteiger partial charge in [-0.05, 0) is 37.1 Å². The Balaban J connectivity index is 1.69. The number of halogens is 3. The zero-order valence-electron chi connectivity index (χ0n) is 19.9. The zero-order valence-corrected chi connectivity index (χ0v) is 19.9. The molecule has 2 aromatic heterocycles. The molecule has 0 spiro atoms. The number of hydrogen-bond acceptors (Lipinski definition) is 5. The van der Waals surface area contributed by atoms with E-state index in [9.17, 15) is 27.6 Å². The number of fused-ring (bicyclic) bond motifs is 1. The molecule has 0 saturated heterocycles. The van der Waals surface area contributed by atoms with Crippen LogP contribution in [-0.4, -0.2) is 31.6 Å². The van der Waals surface area contributed by atoms with E-state index in [2.05, 4.69) is 4.98 Å². The highest BCUT2D eigenvalue weighted by Gasteiger charge is 2.31. The van der Waals surface area contributed by atoms with Crippen LogP contribution in [0.5, 0.6) is 5.75 Å². The van der Waals surface area contributed by atoms with E-state index < -0.39 is 35.3 Å². The van der Waals surface area contributed by atoms with Crippen LogP contribution in [-0.2, 0) is 12.7 Å². The van der Waals surface area contributed by atoms with E-state index >= 15 is 0 Å². The van der Waals surface area contributed by atoms with Gasteiger partial charge in [-0.2, -0.15) is 13.2 Å². The normalized spacial score (nSPS) is 14.4. The summed E-state index contributed by atoms with van der Waals surface area (Å²) in [4.78, 5) is 44.6. The third-order valence-corrected chi connectivity index (χ3v) is 6.69. The average Bonchev–Trinajstić information content (AvgIpc) is 3.55. The number of hydrogen-bond donors (Lipinski definition) is 0. The molecule has 0 N–H and O–H groups in total. The Morgan fingerprint density at radius 2 is 1.81 bits per heavy atom. The summed E-state index contributed by atoms with van der Waals surface area (Å²) in [6, 6.07) is 10.6. The van der Waals surface area contributed by atoms with Crippen molar-refractivity contribution in [3.05, 3.63) is 86.8 Å². The van der Waals surface area contributed by atoms with Crippen molar-refractivity contribution in [2.45, 2.75) is 44.4 Å². The number of benzene rings is 2. The molecular formula is C26H23F3N4O4. The van der Waals surface area contributed by atoms with Gasteiger partial charge in [0.25, 0.3) is 5.56 Å². The number of methoxy groups -OCH3 is 1. The quantitative estimate of drug-likeness (QED) is 0.358. The molecule has 5 rings (SSSR count). The maximum absolute atomic E-state index is 13.7. The topological polar surface area (TPSA) is 88.1 Å². The lowest BCUT2D eigenvalue weighted by molar-refractivity contribution is -0.137. The van der Waals surface area contributed by atoms with Crippen molar-refractivity contribution in [2.75, 3.05) is 7.11 Å². The minimum absolute atomic E-state index is 0.0118. The van der Waals surface area contributed by atoms with Crippen molar-refractivity contribution in [1.29, 1.82) is 0 Å².